The first-order chi connectivity index (χ1) is 13.1. The molecule has 146 valence electrons. The Bertz CT molecular complexity index is 771. The summed E-state index contributed by atoms with van der Waals surface area (Å²) in [6, 6.07) is 8.10. The van der Waals surface area contributed by atoms with E-state index >= 15 is 0 Å². The van der Waals surface area contributed by atoms with Gasteiger partial charge in [0.05, 0.1) is 17.9 Å². The molecule has 27 heavy (non-hydrogen) atoms. The van der Waals surface area contributed by atoms with Gasteiger partial charge in [-0.15, -0.1) is 10.2 Å². The van der Waals surface area contributed by atoms with E-state index in [-0.39, 0.29) is 11.2 Å². The van der Waals surface area contributed by atoms with Crippen molar-refractivity contribution >= 4 is 17.7 Å². The summed E-state index contributed by atoms with van der Waals surface area (Å²) in [7, 11) is 1.65. The maximum atomic E-state index is 12.6. The molecule has 0 bridgehead atoms. The number of carbonyl (C=O) groups excluding carboxylic acids is 1. The number of benzene rings is 1. The number of hydrogen-bond donors (Lipinski definition) is 1. The minimum Gasteiger partial charge on any atom is -0.496 e. The van der Waals surface area contributed by atoms with Crippen LogP contribution in [-0.4, -0.2) is 39.1 Å². The third-order valence-electron chi connectivity index (χ3n) is 4.98. The molecule has 1 aliphatic rings. The molecule has 1 saturated carbocycles. The predicted octanol–water partition coefficient (Wildman–Crippen LogP) is 3.90. The summed E-state index contributed by atoms with van der Waals surface area (Å²) in [5.74, 6) is 1.60. The second kappa shape index (κ2) is 9.26. The van der Waals surface area contributed by atoms with E-state index in [2.05, 4.69) is 22.4 Å². The number of hydrogen-bond acceptors (Lipinski definition) is 5. The van der Waals surface area contributed by atoms with Gasteiger partial charge < -0.3 is 14.6 Å². The van der Waals surface area contributed by atoms with Crippen molar-refractivity contribution < 1.29 is 9.53 Å². The number of aromatic nitrogens is 3. The lowest BCUT2D eigenvalue weighted by molar-refractivity contribution is -0.121. The molecule has 0 radical (unpaired) electrons. The molecule has 6 nitrogen and oxygen atoms in total. The molecule has 0 spiro atoms. The topological polar surface area (TPSA) is 69.0 Å². The molecule has 1 amide bonds. The maximum absolute atomic E-state index is 12.6. The Morgan fingerprint density at radius 3 is 2.74 bits per heavy atom. The van der Waals surface area contributed by atoms with Crippen LogP contribution in [-0.2, 0) is 11.3 Å². The van der Waals surface area contributed by atoms with Crippen LogP contribution < -0.4 is 10.1 Å². The van der Waals surface area contributed by atoms with Gasteiger partial charge in [0.15, 0.2) is 11.0 Å². The van der Waals surface area contributed by atoms with E-state index in [4.69, 9.17) is 4.74 Å². The van der Waals surface area contributed by atoms with Crippen molar-refractivity contribution in [3.8, 4) is 17.1 Å². The zero-order chi connectivity index (χ0) is 19.2. The number of methoxy groups -OCH3 is 1. The lowest BCUT2D eigenvalue weighted by atomic mass is 9.95. The summed E-state index contributed by atoms with van der Waals surface area (Å²) in [6.07, 6.45) is 5.87. The zero-order valence-electron chi connectivity index (χ0n) is 16.3. The zero-order valence-corrected chi connectivity index (χ0v) is 17.1. The molecule has 1 fully saturated rings. The molecule has 1 aliphatic carbocycles. The molecule has 0 saturated heterocycles. The van der Waals surface area contributed by atoms with Gasteiger partial charge in [0.1, 0.15) is 5.75 Å². The highest BCUT2D eigenvalue weighted by atomic mass is 32.2. The van der Waals surface area contributed by atoms with Gasteiger partial charge in [-0.1, -0.05) is 43.2 Å². The van der Waals surface area contributed by atoms with Crippen molar-refractivity contribution in [2.45, 2.75) is 68.9 Å². The normalized spacial score (nSPS) is 16.1. The minimum absolute atomic E-state index is 0.0800. The minimum atomic E-state index is -0.216. The Kier molecular flexibility index (Phi) is 6.77. The Hall–Kier alpha value is -2.02. The molecular weight excluding hydrogens is 360 g/mol. The Morgan fingerprint density at radius 1 is 1.30 bits per heavy atom. The van der Waals surface area contributed by atoms with Crippen LogP contribution in [0.5, 0.6) is 5.75 Å². The lowest BCUT2D eigenvalue weighted by Gasteiger charge is -2.24. The Morgan fingerprint density at radius 2 is 2.04 bits per heavy atom. The second-order valence-corrected chi connectivity index (χ2v) is 8.16. The van der Waals surface area contributed by atoms with Gasteiger partial charge in [0, 0.05) is 12.6 Å². The van der Waals surface area contributed by atoms with Gasteiger partial charge in [-0.3, -0.25) is 4.79 Å². The first-order valence-electron chi connectivity index (χ1n) is 9.67. The summed E-state index contributed by atoms with van der Waals surface area (Å²) >= 11 is 1.46. The number of rotatable bonds is 7. The van der Waals surface area contributed by atoms with Crippen LogP contribution in [0.4, 0.5) is 0 Å². The molecule has 0 aliphatic heterocycles. The highest BCUT2D eigenvalue weighted by Crippen LogP contribution is 2.32. The average molecular weight is 389 g/mol. The third-order valence-corrected chi connectivity index (χ3v) is 6.06. The van der Waals surface area contributed by atoms with E-state index < -0.39 is 0 Å². The van der Waals surface area contributed by atoms with Crippen molar-refractivity contribution in [3.63, 3.8) is 0 Å². The summed E-state index contributed by atoms with van der Waals surface area (Å²) in [6.45, 7) is 4.71. The molecule has 1 aromatic heterocycles. The van der Waals surface area contributed by atoms with Crippen LogP contribution >= 0.6 is 11.8 Å². The monoisotopic (exact) mass is 388 g/mol. The van der Waals surface area contributed by atoms with Crippen LogP contribution in [0.15, 0.2) is 29.4 Å². The molecule has 1 heterocycles. The van der Waals surface area contributed by atoms with E-state index in [0.717, 1.165) is 41.7 Å². The molecule has 1 unspecified atom stereocenters. The SMILES string of the molecule is CCn1c(SC(C)C(=O)NC2CCCCC2)nnc1-c1ccccc1OC. The number of para-hydroxylation sites is 1. The van der Waals surface area contributed by atoms with E-state index in [1.54, 1.807) is 7.11 Å². The van der Waals surface area contributed by atoms with Crippen molar-refractivity contribution in [2.75, 3.05) is 7.11 Å². The second-order valence-electron chi connectivity index (χ2n) is 6.85. The van der Waals surface area contributed by atoms with Crippen molar-refractivity contribution in [3.05, 3.63) is 24.3 Å². The predicted molar refractivity (Wildman–Crippen MR) is 108 cm³/mol. The quantitative estimate of drug-likeness (QED) is 0.729. The van der Waals surface area contributed by atoms with Crippen LogP contribution in [0.2, 0.25) is 0 Å². The molecule has 1 aromatic carbocycles. The maximum Gasteiger partial charge on any atom is 0.233 e. The molecule has 1 atom stereocenters. The van der Waals surface area contributed by atoms with E-state index in [9.17, 15) is 4.79 Å². The number of amides is 1. The lowest BCUT2D eigenvalue weighted by Crippen LogP contribution is -2.40. The summed E-state index contributed by atoms with van der Waals surface area (Å²) < 4.78 is 7.49. The number of thioether (sulfide) groups is 1. The smallest absolute Gasteiger partial charge is 0.233 e. The highest BCUT2D eigenvalue weighted by Gasteiger charge is 2.23. The van der Waals surface area contributed by atoms with E-state index in [1.807, 2.05) is 35.8 Å². The Labute approximate surface area is 165 Å². The standard InChI is InChI=1S/C20H28N4O2S/c1-4-24-18(16-12-8-9-13-17(16)26-3)22-23-20(24)27-14(2)19(25)21-15-10-6-5-7-11-15/h8-9,12-15H,4-7,10-11H2,1-3H3,(H,21,25). The first kappa shape index (κ1) is 19.7. The molecule has 1 N–H and O–H groups in total. The largest absolute Gasteiger partial charge is 0.496 e. The van der Waals surface area contributed by atoms with E-state index in [1.165, 1.54) is 31.0 Å². The average Bonchev–Trinajstić information content (AvgIpc) is 3.10. The van der Waals surface area contributed by atoms with Crippen LogP contribution in [0.3, 0.4) is 0 Å². The summed E-state index contributed by atoms with van der Waals surface area (Å²) in [5, 5.41) is 12.5. The van der Waals surface area contributed by atoms with Gasteiger partial charge in [-0.2, -0.15) is 0 Å². The fourth-order valence-electron chi connectivity index (χ4n) is 3.47. The van der Waals surface area contributed by atoms with Crippen LogP contribution in [0.25, 0.3) is 11.4 Å². The number of carbonyl (C=O) groups is 1. The number of ether oxygens (including phenoxy) is 1. The number of nitrogens with zero attached hydrogens (tertiary/aromatic N) is 3. The number of nitrogens with one attached hydrogen (secondary N) is 1. The van der Waals surface area contributed by atoms with Gasteiger partial charge in [-0.05, 0) is 38.8 Å². The van der Waals surface area contributed by atoms with Gasteiger partial charge >= 0.3 is 0 Å². The fraction of sp³-hybridized carbons (Fsp3) is 0.550. The van der Waals surface area contributed by atoms with Crippen LogP contribution in [0.1, 0.15) is 46.0 Å². The molecule has 7 heteroatoms. The first-order valence-corrected chi connectivity index (χ1v) is 10.6. The van der Waals surface area contributed by atoms with E-state index in [0.29, 0.717) is 6.04 Å². The molecular formula is C20H28N4O2S. The fourth-order valence-corrected chi connectivity index (χ4v) is 4.39. The summed E-state index contributed by atoms with van der Waals surface area (Å²) in [4.78, 5) is 12.6. The van der Waals surface area contributed by atoms with Crippen LogP contribution in [0, 0.1) is 0 Å². The molecule has 2 aromatic rings. The van der Waals surface area contributed by atoms with Crippen molar-refractivity contribution in [1.82, 2.24) is 20.1 Å². The van der Waals surface area contributed by atoms with Gasteiger partial charge in [-0.25, -0.2) is 0 Å². The third kappa shape index (κ3) is 4.64. The van der Waals surface area contributed by atoms with Crippen molar-refractivity contribution in [1.29, 1.82) is 0 Å². The molecule has 3 rings (SSSR count). The van der Waals surface area contributed by atoms with Crippen molar-refractivity contribution in [2.24, 2.45) is 0 Å². The van der Waals surface area contributed by atoms with Gasteiger partial charge in [0.2, 0.25) is 5.91 Å². The summed E-state index contributed by atoms with van der Waals surface area (Å²) in [5.41, 5.74) is 0.903. The van der Waals surface area contributed by atoms with Gasteiger partial charge in [0.25, 0.3) is 0 Å². The Balaban J connectivity index is 1.73. The highest BCUT2D eigenvalue weighted by molar-refractivity contribution is 8.00.